The van der Waals surface area contributed by atoms with Gasteiger partial charge in [0.1, 0.15) is 11.5 Å². The fourth-order valence-electron chi connectivity index (χ4n) is 2.34. The molecule has 1 unspecified atom stereocenters. The molecule has 0 saturated carbocycles. The van der Waals surface area contributed by atoms with Crippen LogP contribution in [0, 0.1) is 0 Å². The van der Waals surface area contributed by atoms with Gasteiger partial charge >= 0.3 is 0 Å². The van der Waals surface area contributed by atoms with Crippen LogP contribution >= 0.6 is 15.9 Å². The monoisotopic (exact) mass is 362 g/mol. The van der Waals surface area contributed by atoms with Crippen molar-refractivity contribution in [1.29, 1.82) is 0 Å². The quantitative estimate of drug-likeness (QED) is 0.698. The van der Waals surface area contributed by atoms with Crippen molar-refractivity contribution >= 4 is 21.7 Å². The molecule has 0 aliphatic rings. The van der Waals surface area contributed by atoms with E-state index in [2.05, 4.69) is 15.9 Å². The zero-order valence-corrected chi connectivity index (χ0v) is 14.3. The van der Waals surface area contributed by atoms with E-state index in [0.29, 0.717) is 11.8 Å². The van der Waals surface area contributed by atoms with Gasteiger partial charge in [-0.3, -0.25) is 4.79 Å². The number of alkyl halides is 1. The summed E-state index contributed by atoms with van der Waals surface area (Å²) in [4.78, 5) is 12.3. The molecule has 2 aromatic carbocycles. The van der Waals surface area contributed by atoms with Crippen LogP contribution in [-0.2, 0) is 11.2 Å². The summed E-state index contributed by atoms with van der Waals surface area (Å²) in [6.07, 6.45) is 0.667. The summed E-state index contributed by atoms with van der Waals surface area (Å²) in [5, 5.41) is 0.347. The number of Topliss-reactive ketones (excluding diaryl/α,β-unsaturated/α-hetero) is 1. The van der Waals surface area contributed by atoms with Crippen molar-refractivity contribution < 1.29 is 14.3 Å². The number of ether oxygens (including phenoxy) is 2. The highest BCUT2D eigenvalue weighted by atomic mass is 79.9. The van der Waals surface area contributed by atoms with Gasteiger partial charge in [0.15, 0.2) is 5.78 Å². The second kappa shape index (κ2) is 7.99. The lowest BCUT2D eigenvalue weighted by atomic mass is 9.89. The molecular weight excluding hydrogens is 344 g/mol. The van der Waals surface area contributed by atoms with Gasteiger partial charge in [-0.05, 0) is 41.8 Å². The van der Waals surface area contributed by atoms with Gasteiger partial charge in [0.25, 0.3) is 0 Å². The molecule has 0 aliphatic heterocycles. The first-order valence-corrected chi connectivity index (χ1v) is 8.15. The summed E-state index contributed by atoms with van der Waals surface area (Å²) in [5.74, 6) is 1.61. The Morgan fingerprint density at radius 3 is 1.91 bits per heavy atom. The summed E-state index contributed by atoms with van der Waals surface area (Å²) < 4.78 is 10.3. The molecule has 0 spiro atoms. The van der Waals surface area contributed by atoms with E-state index in [9.17, 15) is 4.79 Å². The standard InChI is InChI=1S/C18H19BrO3/c1-21-15-7-3-13(4-8-15)11-17(18(20)12-19)14-5-9-16(22-2)10-6-14/h3-10,17H,11-12H2,1-2H3. The Kier molecular flexibility index (Phi) is 6.01. The summed E-state index contributed by atoms with van der Waals surface area (Å²) in [6.45, 7) is 0. The van der Waals surface area contributed by atoms with Crippen LogP contribution in [0.1, 0.15) is 17.0 Å². The zero-order chi connectivity index (χ0) is 15.9. The van der Waals surface area contributed by atoms with E-state index in [-0.39, 0.29) is 11.7 Å². The van der Waals surface area contributed by atoms with Crippen molar-refractivity contribution in [3.05, 3.63) is 59.7 Å². The van der Waals surface area contributed by atoms with Gasteiger partial charge in [-0.1, -0.05) is 40.2 Å². The number of rotatable bonds is 7. The average Bonchev–Trinajstić information content (AvgIpc) is 2.59. The Balaban J connectivity index is 2.22. The molecule has 0 N–H and O–H groups in total. The second-order valence-electron chi connectivity index (χ2n) is 4.98. The van der Waals surface area contributed by atoms with Gasteiger partial charge in [0.05, 0.1) is 19.5 Å². The van der Waals surface area contributed by atoms with E-state index in [1.54, 1.807) is 14.2 Å². The molecule has 116 valence electrons. The summed E-state index contributed by atoms with van der Waals surface area (Å²) in [6, 6.07) is 15.5. The molecule has 0 heterocycles. The number of hydrogen-bond acceptors (Lipinski definition) is 3. The van der Waals surface area contributed by atoms with Gasteiger partial charge in [-0.25, -0.2) is 0 Å². The van der Waals surface area contributed by atoms with Crippen molar-refractivity contribution in [3.8, 4) is 11.5 Å². The second-order valence-corrected chi connectivity index (χ2v) is 5.54. The SMILES string of the molecule is COc1ccc(CC(C(=O)CBr)c2ccc(OC)cc2)cc1. The number of hydrogen-bond donors (Lipinski definition) is 0. The minimum absolute atomic E-state index is 0.168. The van der Waals surface area contributed by atoms with Crippen LogP contribution in [0.5, 0.6) is 11.5 Å². The molecular formula is C18H19BrO3. The largest absolute Gasteiger partial charge is 0.497 e. The van der Waals surface area contributed by atoms with Gasteiger partial charge in [0, 0.05) is 5.92 Å². The first-order valence-electron chi connectivity index (χ1n) is 7.03. The molecule has 0 aromatic heterocycles. The van der Waals surface area contributed by atoms with E-state index in [0.717, 1.165) is 22.6 Å². The molecule has 0 radical (unpaired) electrons. The molecule has 0 bridgehead atoms. The molecule has 0 amide bonds. The molecule has 4 heteroatoms. The van der Waals surface area contributed by atoms with Crippen molar-refractivity contribution in [2.24, 2.45) is 0 Å². The van der Waals surface area contributed by atoms with Crippen molar-refractivity contribution in [1.82, 2.24) is 0 Å². The zero-order valence-electron chi connectivity index (χ0n) is 12.7. The first-order chi connectivity index (χ1) is 10.7. The third-order valence-electron chi connectivity index (χ3n) is 3.64. The fourth-order valence-corrected chi connectivity index (χ4v) is 2.74. The Morgan fingerprint density at radius 2 is 1.45 bits per heavy atom. The minimum Gasteiger partial charge on any atom is -0.497 e. The lowest BCUT2D eigenvalue weighted by molar-refractivity contribution is -0.117. The van der Waals surface area contributed by atoms with Crippen molar-refractivity contribution in [2.75, 3.05) is 19.5 Å². The number of carbonyl (C=O) groups excluding carboxylic acids is 1. The van der Waals surface area contributed by atoms with Gasteiger partial charge in [-0.2, -0.15) is 0 Å². The van der Waals surface area contributed by atoms with Crippen LogP contribution in [0.3, 0.4) is 0 Å². The maximum atomic E-state index is 12.3. The van der Waals surface area contributed by atoms with Crippen molar-refractivity contribution in [2.45, 2.75) is 12.3 Å². The molecule has 2 rings (SSSR count). The average molecular weight is 363 g/mol. The lowest BCUT2D eigenvalue weighted by Gasteiger charge is -2.16. The first kappa shape index (κ1) is 16.6. The van der Waals surface area contributed by atoms with Crippen molar-refractivity contribution in [3.63, 3.8) is 0 Å². The molecule has 1 atom stereocenters. The third-order valence-corrected chi connectivity index (χ3v) is 4.19. The molecule has 0 aliphatic carbocycles. The van der Waals surface area contributed by atoms with Crippen LogP contribution in [-0.4, -0.2) is 25.3 Å². The summed E-state index contributed by atoms with van der Waals surface area (Å²) in [5.41, 5.74) is 2.11. The highest BCUT2D eigenvalue weighted by Crippen LogP contribution is 2.26. The number of carbonyl (C=O) groups is 1. The molecule has 0 saturated heterocycles. The van der Waals surface area contributed by atoms with Crippen LogP contribution in [0.2, 0.25) is 0 Å². The fraction of sp³-hybridized carbons (Fsp3) is 0.278. The maximum Gasteiger partial charge on any atom is 0.151 e. The third kappa shape index (κ3) is 4.10. The highest BCUT2D eigenvalue weighted by molar-refractivity contribution is 9.09. The molecule has 0 fully saturated rings. The predicted octanol–water partition coefficient (Wildman–Crippen LogP) is 3.99. The highest BCUT2D eigenvalue weighted by Gasteiger charge is 2.20. The van der Waals surface area contributed by atoms with E-state index >= 15 is 0 Å². The van der Waals surface area contributed by atoms with Crippen LogP contribution < -0.4 is 9.47 Å². The van der Waals surface area contributed by atoms with Gasteiger partial charge in [0.2, 0.25) is 0 Å². The van der Waals surface area contributed by atoms with Gasteiger partial charge < -0.3 is 9.47 Å². The molecule has 2 aromatic rings. The number of benzene rings is 2. The van der Waals surface area contributed by atoms with E-state index in [1.165, 1.54) is 0 Å². The smallest absolute Gasteiger partial charge is 0.151 e. The summed E-state index contributed by atoms with van der Waals surface area (Å²) >= 11 is 3.28. The number of halogens is 1. The molecule has 3 nitrogen and oxygen atoms in total. The number of ketones is 1. The lowest BCUT2D eigenvalue weighted by Crippen LogP contribution is -2.16. The molecule has 22 heavy (non-hydrogen) atoms. The van der Waals surface area contributed by atoms with Gasteiger partial charge in [-0.15, -0.1) is 0 Å². The maximum absolute atomic E-state index is 12.3. The Bertz CT molecular complexity index is 605. The van der Waals surface area contributed by atoms with E-state index in [4.69, 9.17) is 9.47 Å². The number of methoxy groups -OCH3 is 2. The van der Waals surface area contributed by atoms with Crippen LogP contribution in [0.25, 0.3) is 0 Å². The topological polar surface area (TPSA) is 35.5 Å². The van der Waals surface area contributed by atoms with E-state index in [1.807, 2.05) is 48.5 Å². The van der Waals surface area contributed by atoms with Crippen LogP contribution in [0.4, 0.5) is 0 Å². The Morgan fingerprint density at radius 1 is 0.955 bits per heavy atom. The Hall–Kier alpha value is -1.81. The normalized spacial score (nSPS) is 11.8. The Labute approximate surface area is 139 Å². The summed E-state index contributed by atoms with van der Waals surface area (Å²) in [7, 11) is 3.27. The van der Waals surface area contributed by atoms with Crippen LogP contribution in [0.15, 0.2) is 48.5 Å². The minimum atomic E-state index is -0.168. The van der Waals surface area contributed by atoms with E-state index < -0.39 is 0 Å². The predicted molar refractivity (Wildman–Crippen MR) is 91.2 cm³/mol.